The van der Waals surface area contributed by atoms with E-state index in [-0.39, 0.29) is 35.5 Å². The predicted octanol–water partition coefficient (Wildman–Crippen LogP) is 2.14. The van der Waals surface area contributed by atoms with Crippen LogP contribution in [-0.4, -0.2) is 45.9 Å². The molecule has 4 aliphatic rings. The number of primary amides is 1. The first-order valence-corrected chi connectivity index (χ1v) is 10.8. The second kappa shape index (κ2) is 6.17. The van der Waals surface area contributed by atoms with Crippen molar-refractivity contribution in [3.63, 3.8) is 0 Å². The van der Waals surface area contributed by atoms with Crippen LogP contribution in [0.2, 0.25) is 0 Å². The summed E-state index contributed by atoms with van der Waals surface area (Å²) in [7, 11) is 0. The molecule has 5 rings (SSSR count). The first-order chi connectivity index (χ1) is 13.4. The van der Waals surface area contributed by atoms with Crippen molar-refractivity contribution in [1.82, 2.24) is 15.2 Å². The van der Waals surface area contributed by atoms with Crippen molar-refractivity contribution in [3.8, 4) is 5.88 Å². The number of rotatable bonds is 6. The topological polar surface area (TPSA) is 115 Å². The lowest BCUT2D eigenvalue weighted by Gasteiger charge is -2.58. The lowest BCUT2D eigenvalue weighted by molar-refractivity contribution is -0.140. The summed E-state index contributed by atoms with van der Waals surface area (Å²) in [6, 6.07) is -0.643. The Morgan fingerprint density at radius 2 is 2.04 bits per heavy atom. The number of hydrogen-bond acceptors (Lipinski definition) is 6. The minimum Gasteiger partial charge on any atom is -0.473 e. The average molecular weight is 404 g/mol. The minimum atomic E-state index is -0.485. The summed E-state index contributed by atoms with van der Waals surface area (Å²) in [6.45, 7) is 1.90. The van der Waals surface area contributed by atoms with Gasteiger partial charge in [0.15, 0.2) is 4.88 Å². The number of hydrogen-bond donors (Lipinski definition) is 2. The lowest BCUT2D eigenvalue weighted by Crippen LogP contribution is -2.60. The van der Waals surface area contributed by atoms with E-state index in [9.17, 15) is 14.4 Å². The fraction of sp³-hybridized carbons (Fsp3) is 0.684. The summed E-state index contributed by atoms with van der Waals surface area (Å²) in [5.41, 5.74) is 5.63. The Balaban J connectivity index is 1.18. The first kappa shape index (κ1) is 17.9. The molecule has 3 N–H and O–H groups in total. The molecule has 1 spiro atoms. The third kappa shape index (κ3) is 2.78. The van der Waals surface area contributed by atoms with Crippen molar-refractivity contribution < 1.29 is 19.1 Å². The third-order valence-corrected chi connectivity index (χ3v) is 7.74. The van der Waals surface area contributed by atoms with Crippen molar-refractivity contribution in [1.29, 1.82) is 0 Å². The molecule has 1 atom stereocenters. The van der Waals surface area contributed by atoms with Crippen LogP contribution in [0.5, 0.6) is 5.88 Å². The molecule has 1 aliphatic heterocycles. The summed E-state index contributed by atoms with van der Waals surface area (Å²) in [6.07, 6.45) is 6.23. The molecule has 1 unspecified atom stereocenters. The average Bonchev–Trinajstić information content (AvgIpc) is 3.28. The fourth-order valence-corrected chi connectivity index (χ4v) is 5.86. The monoisotopic (exact) mass is 404 g/mol. The van der Waals surface area contributed by atoms with E-state index in [2.05, 4.69) is 10.3 Å². The number of aromatic nitrogens is 1. The number of carbonyl (C=O) groups excluding carboxylic acids is 3. The minimum absolute atomic E-state index is 0.00748. The van der Waals surface area contributed by atoms with Gasteiger partial charge in [0.2, 0.25) is 5.88 Å². The van der Waals surface area contributed by atoms with Gasteiger partial charge in [-0.3, -0.25) is 14.5 Å². The Hall–Kier alpha value is -2.16. The molecular weight excluding hydrogens is 380 g/mol. The second-order valence-corrected chi connectivity index (χ2v) is 9.68. The highest BCUT2D eigenvalue weighted by Gasteiger charge is 2.58. The zero-order chi connectivity index (χ0) is 19.6. The van der Waals surface area contributed by atoms with Crippen molar-refractivity contribution in [2.45, 2.75) is 76.0 Å². The van der Waals surface area contributed by atoms with Crippen LogP contribution in [0.25, 0.3) is 0 Å². The van der Waals surface area contributed by atoms with Gasteiger partial charge in [-0.15, -0.1) is 11.3 Å². The molecule has 4 fully saturated rings. The number of thiazole rings is 1. The maximum absolute atomic E-state index is 12.3. The standard InChI is InChI=1S/C19H24N4O4S/c1-2-12-17(25)23(18(26)21-12)10-5-19(6-10)7-11(8-19)27-15-13(14(20)24)28-16(22-15)9-3-4-9/h9-12H,2-8H2,1H3,(H2,20,24)(H,21,26)/t10-,11-,12?,19?. The number of ether oxygens (including phenoxy) is 1. The van der Waals surface area contributed by atoms with Crippen molar-refractivity contribution in [3.05, 3.63) is 9.88 Å². The van der Waals surface area contributed by atoms with Crippen LogP contribution in [-0.2, 0) is 4.79 Å². The Morgan fingerprint density at radius 3 is 2.61 bits per heavy atom. The van der Waals surface area contributed by atoms with Crippen LogP contribution in [0.1, 0.15) is 72.5 Å². The molecule has 1 aromatic rings. The van der Waals surface area contributed by atoms with E-state index in [0.29, 0.717) is 23.1 Å². The molecule has 3 aliphatic carbocycles. The maximum atomic E-state index is 12.3. The number of nitrogens with two attached hydrogens (primary N) is 1. The van der Waals surface area contributed by atoms with Crippen molar-refractivity contribution in [2.75, 3.05) is 0 Å². The number of urea groups is 1. The van der Waals surface area contributed by atoms with Gasteiger partial charge in [-0.05, 0) is 50.4 Å². The SMILES string of the molecule is CCC1NC(=O)N([C@H]2CC3(C[C@H](Oc4nc(C5CC5)sc4C(N)=O)C3)C2)C1=O. The largest absolute Gasteiger partial charge is 0.473 e. The van der Waals surface area contributed by atoms with Crippen LogP contribution in [0, 0.1) is 5.41 Å². The van der Waals surface area contributed by atoms with E-state index in [0.717, 1.165) is 43.5 Å². The first-order valence-electron chi connectivity index (χ1n) is 10.00. The third-order valence-electron chi connectivity index (χ3n) is 6.53. The summed E-state index contributed by atoms with van der Waals surface area (Å²) >= 11 is 1.36. The molecule has 0 bridgehead atoms. The van der Waals surface area contributed by atoms with Crippen molar-refractivity contribution in [2.24, 2.45) is 11.1 Å². The highest BCUT2D eigenvalue weighted by atomic mass is 32.1. The van der Waals surface area contributed by atoms with Gasteiger partial charge in [0.1, 0.15) is 17.2 Å². The second-order valence-electron chi connectivity index (χ2n) is 8.65. The Morgan fingerprint density at radius 1 is 1.32 bits per heavy atom. The van der Waals surface area contributed by atoms with E-state index in [1.54, 1.807) is 0 Å². The van der Waals surface area contributed by atoms with Gasteiger partial charge in [-0.1, -0.05) is 6.92 Å². The van der Waals surface area contributed by atoms with Crippen LogP contribution >= 0.6 is 11.3 Å². The molecule has 9 heteroatoms. The Labute approximate surface area is 166 Å². The number of nitrogens with zero attached hydrogens (tertiary/aromatic N) is 2. The summed E-state index contributed by atoms with van der Waals surface area (Å²) in [5, 5.41) is 3.70. The summed E-state index contributed by atoms with van der Waals surface area (Å²) in [4.78, 5) is 42.5. The molecule has 1 aromatic heterocycles. The van der Waals surface area contributed by atoms with Gasteiger partial charge in [0.25, 0.3) is 11.8 Å². The molecule has 0 aromatic carbocycles. The smallest absolute Gasteiger partial charge is 0.325 e. The molecule has 3 saturated carbocycles. The van der Waals surface area contributed by atoms with Gasteiger partial charge in [0, 0.05) is 12.0 Å². The number of imide groups is 1. The van der Waals surface area contributed by atoms with E-state index < -0.39 is 5.91 Å². The van der Waals surface area contributed by atoms with E-state index in [1.807, 2.05) is 6.92 Å². The van der Waals surface area contributed by atoms with Crippen LogP contribution < -0.4 is 15.8 Å². The quantitative estimate of drug-likeness (QED) is 0.705. The fourth-order valence-electron chi connectivity index (χ4n) is 4.84. The Kier molecular flexibility index (Phi) is 3.94. The molecule has 150 valence electrons. The molecule has 1 saturated heterocycles. The molecular formula is C19H24N4O4S. The molecule has 2 heterocycles. The number of nitrogens with one attached hydrogen (secondary N) is 1. The molecule has 28 heavy (non-hydrogen) atoms. The van der Waals surface area contributed by atoms with Gasteiger partial charge < -0.3 is 15.8 Å². The molecule has 8 nitrogen and oxygen atoms in total. The summed E-state index contributed by atoms with van der Waals surface area (Å²) in [5.74, 6) is 0.258. The summed E-state index contributed by atoms with van der Waals surface area (Å²) < 4.78 is 6.01. The van der Waals surface area contributed by atoms with E-state index >= 15 is 0 Å². The van der Waals surface area contributed by atoms with Gasteiger partial charge >= 0.3 is 6.03 Å². The number of amides is 4. The zero-order valence-electron chi connectivity index (χ0n) is 15.8. The Bertz CT molecular complexity index is 850. The lowest BCUT2D eigenvalue weighted by atomic mass is 9.52. The van der Waals surface area contributed by atoms with Crippen molar-refractivity contribution >= 4 is 29.2 Å². The maximum Gasteiger partial charge on any atom is 0.325 e. The molecule has 0 radical (unpaired) electrons. The normalized spacial score (nSPS) is 34.2. The zero-order valence-corrected chi connectivity index (χ0v) is 16.6. The predicted molar refractivity (Wildman–Crippen MR) is 101 cm³/mol. The van der Waals surface area contributed by atoms with Crippen LogP contribution in [0.3, 0.4) is 0 Å². The van der Waals surface area contributed by atoms with Crippen LogP contribution in [0.4, 0.5) is 4.79 Å². The van der Waals surface area contributed by atoms with E-state index in [4.69, 9.17) is 10.5 Å². The highest BCUT2D eigenvalue weighted by Crippen LogP contribution is 2.58. The van der Waals surface area contributed by atoms with Gasteiger partial charge in [-0.2, -0.15) is 0 Å². The van der Waals surface area contributed by atoms with Gasteiger partial charge in [0.05, 0.1) is 0 Å². The molecule has 4 amide bonds. The van der Waals surface area contributed by atoms with E-state index in [1.165, 1.54) is 16.2 Å². The van der Waals surface area contributed by atoms with Gasteiger partial charge in [-0.25, -0.2) is 9.78 Å². The number of carbonyl (C=O) groups is 3. The van der Waals surface area contributed by atoms with Crippen LogP contribution in [0.15, 0.2) is 0 Å². The highest BCUT2D eigenvalue weighted by molar-refractivity contribution is 7.14.